The SMILES string of the molecule is O=C(Nc1ccccc1Br)N1CCC(c2nc(-c3ccccn3)no2)CC1. The molecule has 0 aliphatic carbocycles. The highest BCUT2D eigenvalue weighted by atomic mass is 79.9. The molecule has 4 rings (SSSR count). The lowest BCUT2D eigenvalue weighted by atomic mass is 9.97. The van der Waals surface area contributed by atoms with Crippen LogP contribution in [0, 0.1) is 0 Å². The summed E-state index contributed by atoms with van der Waals surface area (Å²) in [4.78, 5) is 23.0. The van der Waals surface area contributed by atoms with Crippen molar-refractivity contribution in [1.29, 1.82) is 0 Å². The summed E-state index contributed by atoms with van der Waals surface area (Å²) in [5.41, 5.74) is 1.46. The third-order valence-electron chi connectivity index (χ3n) is 4.58. The van der Waals surface area contributed by atoms with Crippen LogP contribution in [0.1, 0.15) is 24.7 Å². The predicted octanol–water partition coefficient (Wildman–Crippen LogP) is 4.31. The number of aromatic nitrogens is 3. The van der Waals surface area contributed by atoms with Crippen molar-refractivity contribution in [1.82, 2.24) is 20.0 Å². The van der Waals surface area contributed by atoms with Crippen LogP contribution in [-0.2, 0) is 0 Å². The maximum atomic E-state index is 12.5. The van der Waals surface area contributed by atoms with E-state index in [1.54, 1.807) is 6.20 Å². The molecule has 0 bridgehead atoms. The average molecular weight is 428 g/mol. The van der Waals surface area contributed by atoms with Crippen LogP contribution in [0.5, 0.6) is 0 Å². The van der Waals surface area contributed by atoms with Crippen LogP contribution in [0.15, 0.2) is 57.7 Å². The Morgan fingerprint density at radius 1 is 1.15 bits per heavy atom. The maximum Gasteiger partial charge on any atom is 0.321 e. The number of nitrogens with one attached hydrogen (secondary N) is 1. The zero-order valence-corrected chi connectivity index (χ0v) is 16.1. The highest BCUT2D eigenvalue weighted by Gasteiger charge is 2.28. The van der Waals surface area contributed by atoms with E-state index in [4.69, 9.17) is 4.52 Å². The number of rotatable bonds is 3. The van der Waals surface area contributed by atoms with Crippen LogP contribution in [-0.4, -0.2) is 39.1 Å². The molecule has 8 heteroatoms. The van der Waals surface area contributed by atoms with Crippen molar-refractivity contribution in [2.75, 3.05) is 18.4 Å². The molecule has 3 aromatic rings. The van der Waals surface area contributed by atoms with E-state index < -0.39 is 0 Å². The Balaban J connectivity index is 1.36. The molecule has 2 amide bonds. The molecular weight excluding hydrogens is 410 g/mol. The minimum atomic E-state index is -0.0972. The van der Waals surface area contributed by atoms with E-state index in [2.05, 4.69) is 36.4 Å². The molecule has 2 aromatic heterocycles. The standard InChI is InChI=1S/C19H18BrN5O2/c20-14-5-1-2-6-15(14)22-19(26)25-11-8-13(9-12-25)18-23-17(24-27-18)16-7-3-4-10-21-16/h1-7,10,13H,8-9,11-12H2,(H,22,26). The fourth-order valence-corrected chi connectivity index (χ4v) is 3.47. The number of piperidine rings is 1. The van der Waals surface area contributed by atoms with Gasteiger partial charge in [0.15, 0.2) is 0 Å². The van der Waals surface area contributed by atoms with Gasteiger partial charge in [-0.25, -0.2) is 4.79 Å². The smallest absolute Gasteiger partial charge is 0.321 e. The van der Waals surface area contributed by atoms with Gasteiger partial charge in [0.25, 0.3) is 0 Å². The molecule has 1 aromatic carbocycles. The predicted molar refractivity (Wildman–Crippen MR) is 104 cm³/mol. The van der Waals surface area contributed by atoms with Crippen molar-refractivity contribution < 1.29 is 9.32 Å². The van der Waals surface area contributed by atoms with E-state index in [0.29, 0.717) is 30.5 Å². The second-order valence-corrected chi connectivity index (χ2v) is 7.20. The van der Waals surface area contributed by atoms with E-state index in [9.17, 15) is 4.79 Å². The molecule has 1 aliphatic heterocycles. The van der Waals surface area contributed by atoms with E-state index in [1.807, 2.05) is 47.4 Å². The maximum absolute atomic E-state index is 12.5. The third-order valence-corrected chi connectivity index (χ3v) is 5.27. The zero-order chi connectivity index (χ0) is 18.6. The van der Waals surface area contributed by atoms with Crippen molar-refractivity contribution in [3.63, 3.8) is 0 Å². The number of halogens is 1. The number of hydrogen-bond donors (Lipinski definition) is 1. The Kier molecular flexibility index (Phi) is 5.15. The Bertz CT molecular complexity index is 923. The fourth-order valence-electron chi connectivity index (χ4n) is 3.09. The fraction of sp³-hybridized carbons (Fsp3) is 0.263. The second kappa shape index (κ2) is 7.87. The first-order chi connectivity index (χ1) is 13.2. The number of nitrogens with zero attached hydrogens (tertiary/aromatic N) is 4. The number of para-hydroxylation sites is 1. The van der Waals surface area contributed by atoms with Gasteiger partial charge in [-0.2, -0.15) is 4.98 Å². The van der Waals surface area contributed by atoms with Crippen LogP contribution >= 0.6 is 15.9 Å². The van der Waals surface area contributed by atoms with Crippen molar-refractivity contribution in [2.24, 2.45) is 0 Å². The van der Waals surface area contributed by atoms with Crippen molar-refractivity contribution in [3.05, 3.63) is 59.0 Å². The molecule has 3 heterocycles. The normalized spacial score (nSPS) is 14.9. The summed E-state index contributed by atoms with van der Waals surface area (Å²) in [6.45, 7) is 1.28. The molecule has 27 heavy (non-hydrogen) atoms. The minimum absolute atomic E-state index is 0.0972. The highest BCUT2D eigenvalue weighted by molar-refractivity contribution is 9.10. The van der Waals surface area contributed by atoms with Crippen molar-refractivity contribution >= 4 is 27.6 Å². The molecule has 0 saturated carbocycles. The zero-order valence-electron chi connectivity index (χ0n) is 14.5. The van der Waals surface area contributed by atoms with Gasteiger partial charge in [0, 0.05) is 29.7 Å². The quantitative estimate of drug-likeness (QED) is 0.672. The number of anilines is 1. The third kappa shape index (κ3) is 4.00. The van der Waals surface area contributed by atoms with Crippen LogP contribution in [0.4, 0.5) is 10.5 Å². The number of amides is 2. The average Bonchev–Trinajstić information content (AvgIpc) is 3.21. The topological polar surface area (TPSA) is 84.2 Å². The number of hydrogen-bond acceptors (Lipinski definition) is 5. The summed E-state index contributed by atoms with van der Waals surface area (Å²) in [7, 11) is 0. The largest absolute Gasteiger partial charge is 0.339 e. The molecular formula is C19H18BrN5O2. The summed E-state index contributed by atoms with van der Waals surface area (Å²) in [5, 5.41) is 6.98. The Morgan fingerprint density at radius 3 is 2.67 bits per heavy atom. The highest BCUT2D eigenvalue weighted by Crippen LogP contribution is 2.29. The van der Waals surface area contributed by atoms with Crippen molar-refractivity contribution in [2.45, 2.75) is 18.8 Å². The first-order valence-electron chi connectivity index (χ1n) is 8.76. The van der Waals surface area contributed by atoms with Crippen LogP contribution in [0.25, 0.3) is 11.5 Å². The van der Waals surface area contributed by atoms with Gasteiger partial charge in [-0.05, 0) is 53.0 Å². The van der Waals surface area contributed by atoms with Gasteiger partial charge in [0.05, 0.1) is 5.69 Å². The molecule has 138 valence electrons. The number of urea groups is 1. The van der Waals surface area contributed by atoms with Gasteiger partial charge in [-0.1, -0.05) is 23.4 Å². The van der Waals surface area contributed by atoms with Gasteiger partial charge in [0.1, 0.15) is 5.69 Å². The molecule has 0 radical (unpaired) electrons. The van der Waals surface area contributed by atoms with Crippen molar-refractivity contribution in [3.8, 4) is 11.5 Å². The number of carbonyl (C=O) groups is 1. The molecule has 1 N–H and O–H groups in total. The summed E-state index contributed by atoms with van der Waals surface area (Å²) < 4.78 is 6.30. The number of benzene rings is 1. The first kappa shape index (κ1) is 17.7. The van der Waals surface area contributed by atoms with Crippen LogP contribution in [0.2, 0.25) is 0 Å². The van der Waals surface area contributed by atoms with E-state index in [0.717, 1.165) is 23.0 Å². The lowest BCUT2D eigenvalue weighted by molar-refractivity contribution is 0.187. The molecule has 1 fully saturated rings. The lowest BCUT2D eigenvalue weighted by Crippen LogP contribution is -2.40. The van der Waals surface area contributed by atoms with Gasteiger partial charge >= 0.3 is 6.03 Å². The van der Waals surface area contributed by atoms with Gasteiger partial charge in [-0.15, -0.1) is 0 Å². The van der Waals surface area contributed by atoms with Crippen LogP contribution < -0.4 is 5.32 Å². The molecule has 1 saturated heterocycles. The molecule has 1 aliphatic rings. The minimum Gasteiger partial charge on any atom is -0.339 e. The summed E-state index contributed by atoms with van der Waals surface area (Å²) in [6, 6.07) is 13.1. The Labute approximate surface area is 164 Å². The number of likely N-dealkylation sites (tertiary alicyclic amines) is 1. The van der Waals surface area contributed by atoms with Gasteiger partial charge < -0.3 is 14.7 Å². The van der Waals surface area contributed by atoms with E-state index >= 15 is 0 Å². The molecule has 0 unspecified atom stereocenters. The molecule has 7 nitrogen and oxygen atoms in total. The van der Waals surface area contributed by atoms with Gasteiger partial charge in [-0.3, -0.25) is 4.98 Å². The lowest BCUT2D eigenvalue weighted by Gasteiger charge is -2.30. The molecule has 0 atom stereocenters. The Morgan fingerprint density at radius 2 is 1.93 bits per heavy atom. The summed E-state index contributed by atoms with van der Waals surface area (Å²) in [6.07, 6.45) is 3.27. The van der Waals surface area contributed by atoms with E-state index in [-0.39, 0.29) is 11.9 Å². The molecule has 0 spiro atoms. The summed E-state index contributed by atoms with van der Waals surface area (Å²) >= 11 is 3.44. The summed E-state index contributed by atoms with van der Waals surface area (Å²) in [5.74, 6) is 1.27. The van der Waals surface area contributed by atoms with Crippen LogP contribution in [0.3, 0.4) is 0 Å². The monoisotopic (exact) mass is 427 g/mol. The van der Waals surface area contributed by atoms with E-state index in [1.165, 1.54) is 0 Å². The Hall–Kier alpha value is -2.74. The van der Waals surface area contributed by atoms with Gasteiger partial charge in [0.2, 0.25) is 11.7 Å². The number of carbonyl (C=O) groups excluding carboxylic acids is 1. The first-order valence-corrected chi connectivity index (χ1v) is 9.55. The number of pyridine rings is 1. The second-order valence-electron chi connectivity index (χ2n) is 6.34.